The minimum absolute atomic E-state index is 0.198. The van der Waals surface area contributed by atoms with Crippen LogP contribution in [-0.4, -0.2) is 18.6 Å². The van der Waals surface area contributed by atoms with Crippen molar-refractivity contribution in [3.05, 3.63) is 35.6 Å². The van der Waals surface area contributed by atoms with Crippen LogP contribution in [0, 0.1) is 5.82 Å². The third kappa shape index (κ3) is 4.38. The van der Waals surface area contributed by atoms with Gasteiger partial charge < -0.3 is 0 Å². The second-order valence-electron chi connectivity index (χ2n) is 2.97. The van der Waals surface area contributed by atoms with Gasteiger partial charge in [0.15, 0.2) is 0 Å². The highest BCUT2D eigenvalue weighted by molar-refractivity contribution is 6.17. The van der Waals surface area contributed by atoms with Gasteiger partial charge in [0.05, 0.1) is 0 Å². The number of benzene rings is 1. The number of halogens is 2. The second kappa shape index (κ2) is 6.55. The van der Waals surface area contributed by atoms with E-state index in [2.05, 4.69) is 4.99 Å². The third-order valence-corrected chi connectivity index (χ3v) is 2.03. The Morgan fingerprint density at radius 2 is 2.29 bits per heavy atom. The van der Waals surface area contributed by atoms with Crippen LogP contribution in [0.15, 0.2) is 29.3 Å². The number of nitrogens with zero attached hydrogens (tertiary/aromatic N) is 1. The molecule has 0 N–H and O–H groups in total. The summed E-state index contributed by atoms with van der Waals surface area (Å²) in [6, 6.07) is 6.55. The molecule has 1 aromatic rings. The lowest BCUT2D eigenvalue weighted by atomic mass is 10.2. The van der Waals surface area contributed by atoms with Crippen molar-refractivity contribution in [2.24, 2.45) is 4.99 Å². The van der Waals surface area contributed by atoms with Crippen molar-refractivity contribution in [2.75, 3.05) is 12.4 Å². The smallest absolute Gasteiger partial charge is 0.123 e. The molecule has 0 aliphatic heterocycles. The third-order valence-electron chi connectivity index (χ3n) is 1.77. The van der Waals surface area contributed by atoms with Crippen LogP contribution in [0.5, 0.6) is 0 Å². The van der Waals surface area contributed by atoms with E-state index in [0.29, 0.717) is 12.3 Å². The Balaban J connectivity index is 2.34. The monoisotopic (exact) mass is 213 g/mol. The van der Waals surface area contributed by atoms with Crippen LogP contribution in [0.3, 0.4) is 0 Å². The molecule has 0 aliphatic carbocycles. The molecule has 76 valence electrons. The van der Waals surface area contributed by atoms with Gasteiger partial charge in [0, 0.05) is 25.1 Å². The molecule has 3 heteroatoms. The van der Waals surface area contributed by atoms with E-state index in [0.717, 1.165) is 18.5 Å². The van der Waals surface area contributed by atoms with Gasteiger partial charge in [0.1, 0.15) is 5.82 Å². The average Bonchev–Trinajstić information content (AvgIpc) is 2.18. The van der Waals surface area contributed by atoms with Crippen molar-refractivity contribution in [3.8, 4) is 0 Å². The highest BCUT2D eigenvalue weighted by Gasteiger charge is 1.91. The van der Waals surface area contributed by atoms with E-state index >= 15 is 0 Å². The molecule has 0 fully saturated rings. The molecular weight excluding hydrogens is 201 g/mol. The van der Waals surface area contributed by atoms with E-state index in [1.807, 2.05) is 6.07 Å². The maximum atomic E-state index is 12.7. The van der Waals surface area contributed by atoms with Crippen LogP contribution >= 0.6 is 11.6 Å². The minimum Gasteiger partial charge on any atom is -0.297 e. The fourth-order valence-corrected chi connectivity index (χ4v) is 1.20. The maximum Gasteiger partial charge on any atom is 0.123 e. The number of aliphatic imine (C=N–C) groups is 1. The Kier molecular flexibility index (Phi) is 5.23. The van der Waals surface area contributed by atoms with E-state index in [1.54, 1.807) is 12.3 Å². The molecule has 0 heterocycles. The highest BCUT2D eigenvalue weighted by Crippen LogP contribution is 2.02. The Bertz CT molecular complexity index is 299. The Morgan fingerprint density at radius 3 is 3.00 bits per heavy atom. The zero-order valence-corrected chi connectivity index (χ0v) is 8.67. The summed E-state index contributed by atoms with van der Waals surface area (Å²) in [5.41, 5.74) is 0.944. The van der Waals surface area contributed by atoms with Crippen molar-refractivity contribution in [1.29, 1.82) is 0 Å². The highest BCUT2D eigenvalue weighted by atomic mass is 35.5. The van der Waals surface area contributed by atoms with E-state index in [4.69, 9.17) is 11.6 Å². The zero-order chi connectivity index (χ0) is 10.2. The first-order valence-corrected chi connectivity index (χ1v) is 5.15. The maximum absolute atomic E-state index is 12.7. The first-order chi connectivity index (χ1) is 6.83. The number of hydrogen-bond donors (Lipinski definition) is 0. The zero-order valence-electron chi connectivity index (χ0n) is 7.92. The molecule has 1 rings (SSSR count). The van der Waals surface area contributed by atoms with Gasteiger partial charge in [-0.3, -0.25) is 4.99 Å². The van der Waals surface area contributed by atoms with Crippen molar-refractivity contribution in [2.45, 2.75) is 12.8 Å². The van der Waals surface area contributed by atoms with Gasteiger partial charge in [-0.05, 0) is 24.1 Å². The Morgan fingerprint density at radius 1 is 1.43 bits per heavy atom. The molecule has 0 aliphatic rings. The standard InChI is InChI=1S/C11H13ClFN/c12-6-2-7-14-8-5-10-3-1-4-11(13)9-10/h1,3-4,8-9H,2,5-7H2. The predicted molar refractivity (Wildman–Crippen MR) is 58.8 cm³/mol. The normalized spacial score (nSPS) is 11.0. The number of alkyl halides is 1. The van der Waals surface area contributed by atoms with Crippen molar-refractivity contribution >= 4 is 17.8 Å². The fourth-order valence-electron chi connectivity index (χ4n) is 1.08. The topological polar surface area (TPSA) is 12.4 Å². The van der Waals surface area contributed by atoms with Gasteiger partial charge in [-0.2, -0.15) is 0 Å². The summed E-state index contributed by atoms with van der Waals surface area (Å²) in [5, 5.41) is 0. The molecule has 0 aromatic heterocycles. The molecule has 1 aromatic carbocycles. The SMILES string of the molecule is Fc1cccc(CC=NCCCCl)c1. The largest absolute Gasteiger partial charge is 0.297 e. The molecule has 0 saturated carbocycles. The molecule has 0 amide bonds. The summed E-state index contributed by atoms with van der Waals surface area (Å²) >= 11 is 5.49. The lowest BCUT2D eigenvalue weighted by molar-refractivity contribution is 0.626. The van der Waals surface area contributed by atoms with Crippen molar-refractivity contribution in [3.63, 3.8) is 0 Å². The summed E-state index contributed by atoms with van der Waals surface area (Å²) < 4.78 is 12.7. The van der Waals surface area contributed by atoms with E-state index in [9.17, 15) is 4.39 Å². The summed E-state index contributed by atoms with van der Waals surface area (Å²) in [5.74, 6) is 0.439. The molecule has 0 unspecified atom stereocenters. The van der Waals surface area contributed by atoms with Gasteiger partial charge in [0.2, 0.25) is 0 Å². The predicted octanol–water partition coefficient (Wildman–Crippen LogP) is 3.07. The molecule has 0 spiro atoms. The molecule has 0 atom stereocenters. The fraction of sp³-hybridized carbons (Fsp3) is 0.364. The van der Waals surface area contributed by atoms with Crippen molar-refractivity contribution in [1.82, 2.24) is 0 Å². The van der Waals surface area contributed by atoms with Gasteiger partial charge in [-0.25, -0.2) is 4.39 Å². The van der Waals surface area contributed by atoms with Crippen LogP contribution in [0.4, 0.5) is 4.39 Å². The van der Waals surface area contributed by atoms with E-state index in [1.165, 1.54) is 12.1 Å². The quantitative estimate of drug-likeness (QED) is 0.405. The van der Waals surface area contributed by atoms with Crippen LogP contribution in [-0.2, 0) is 6.42 Å². The molecule has 1 nitrogen and oxygen atoms in total. The number of rotatable bonds is 5. The lowest BCUT2D eigenvalue weighted by Gasteiger charge is -1.95. The average molecular weight is 214 g/mol. The Hall–Kier alpha value is -0.890. The summed E-state index contributed by atoms with van der Waals surface area (Å²) in [6.07, 6.45) is 3.38. The molecule has 14 heavy (non-hydrogen) atoms. The number of hydrogen-bond acceptors (Lipinski definition) is 1. The summed E-state index contributed by atoms with van der Waals surface area (Å²) in [7, 11) is 0. The van der Waals surface area contributed by atoms with Gasteiger partial charge >= 0.3 is 0 Å². The molecule has 0 saturated heterocycles. The Labute approximate surface area is 88.6 Å². The molecule has 0 bridgehead atoms. The van der Waals surface area contributed by atoms with E-state index < -0.39 is 0 Å². The first kappa shape index (κ1) is 11.2. The van der Waals surface area contributed by atoms with Gasteiger partial charge in [-0.15, -0.1) is 11.6 Å². The van der Waals surface area contributed by atoms with Crippen LogP contribution in [0.1, 0.15) is 12.0 Å². The van der Waals surface area contributed by atoms with Crippen LogP contribution < -0.4 is 0 Å². The van der Waals surface area contributed by atoms with E-state index in [-0.39, 0.29) is 5.82 Å². The van der Waals surface area contributed by atoms with Crippen LogP contribution in [0.2, 0.25) is 0 Å². The minimum atomic E-state index is -0.198. The molecule has 0 radical (unpaired) electrons. The lowest BCUT2D eigenvalue weighted by Crippen LogP contribution is -1.89. The van der Waals surface area contributed by atoms with Crippen molar-refractivity contribution < 1.29 is 4.39 Å². The summed E-state index contributed by atoms with van der Waals surface area (Å²) in [6.45, 7) is 0.749. The first-order valence-electron chi connectivity index (χ1n) is 4.61. The van der Waals surface area contributed by atoms with Crippen LogP contribution in [0.25, 0.3) is 0 Å². The van der Waals surface area contributed by atoms with Gasteiger partial charge in [0.25, 0.3) is 0 Å². The van der Waals surface area contributed by atoms with Gasteiger partial charge in [-0.1, -0.05) is 12.1 Å². The molecular formula is C11H13ClFN. The second-order valence-corrected chi connectivity index (χ2v) is 3.34. The summed E-state index contributed by atoms with van der Waals surface area (Å²) in [4.78, 5) is 4.15.